The molecular weight excluding hydrogens is 397 g/mol. The molecular formula is C16H13BrFN3O2S. The maximum absolute atomic E-state index is 13.9. The van der Waals surface area contributed by atoms with Crippen LogP contribution in [0.3, 0.4) is 0 Å². The number of nitrogens with one attached hydrogen (secondary N) is 1. The van der Waals surface area contributed by atoms with Gasteiger partial charge in [-0.15, -0.1) is 0 Å². The van der Waals surface area contributed by atoms with Crippen LogP contribution in [0.5, 0.6) is 0 Å². The van der Waals surface area contributed by atoms with Crippen molar-refractivity contribution in [2.45, 2.75) is 11.8 Å². The van der Waals surface area contributed by atoms with E-state index < -0.39 is 15.8 Å². The van der Waals surface area contributed by atoms with Crippen molar-refractivity contribution >= 4 is 31.6 Å². The van der Waals surface area contributed by atoms with Gasteiger partial charge in [0.15, 0.2) is 0 Å². The Balaban J connectivity index is 1.97. The molecule has 0 saturated heterocycles. The summed E-state index contributed by atoms with van der Waals surface area (Å²) in [5.74, 6) is -0.666. The predicted molar refractivity (Wildman–Crippen MR) is 93.2 cm³/mol. The van der Waals surface area contributed by atoms with Gasteiger partial charge < -0.3 is 0 Å². The Morgan fingerprint density at radius 2 is 1.88 bits per heavy atom. The lowest BCUT2D eigenvalue weighted by Gasteiger charge is -2.08. The average Bonchev–Trinajstić information content (AvgIpc) is 2.94. The summed E-state index contributed by atoms with van der Waals surface area (Å²) in [4.78, 5) is -0.00586. The van der Waals surface area contributed by atoms with Crippen LogP contribution in [0.2, 0.25) is 0 Å². The lowest BCUT2D eigenvalue weighted by molar-refractivity contribution is 0.598. The summed E-state index contributed by atoms with van der Waals surface area (Å²) in [5, 5.41) is 4.22. The van der Waals surface area contributed by atoms with Gasteiger partial charge >= 0.3 is 0 Å². The van der Waals surface area contributed by atoms with E-state index in [1.807, 2.05) is 30.3 Å². The fourth-order valence-electron chi connectivity index (χ4n) is 2.19. The molecule has 0 amide bonds. The molecule has 0 bridgehead atoms. The van der Waals surface area contributed by atoms with Crippen molar-refractivity contribution in [3.8, 4) is 5.69 Å². The monoisotopic (exact) mass is 409 g/mol. The normalized spacial score (nSPS) is 11.5. The molecule has 0 radical (unpaired) electrons. The third-order valence-corrected chi connectivity index (χ3v) is 5.30. The van der Waals surface area contributed by atoms with E-state index in [0.717, 1.165) is 5.69 Å². The molecule has 1 N–H and O–H groups in total. The molecule has 124 valence electrons. The lowest BCUT2D eigenvalue weighted by Crippen LogP contribution is -2.14. The molecule has 0 fully saturated rings. The molecule has 0 atom stereocenters. The standard InChI is InChI=1S/C16H13BrFN3O2S/c1-11-16(10-21(19-11)13-5-3-2-4-6-13)24(22,23)20-15-8-7-12(17)9-14(15)18/h2-10,20H,1H3. The largest absolute Gasteiger partial charge is 0.277 e. The van der Waals surface area contributed by atoms with Crippen molar-refractivity contribution in [2.75, 3.05) is 4.72 Å². The minimum absolute atomic E-state index is 0.00586. The molecule has 0 unspecified atom stereocenters. The average molecular weight is 410 g/mol. The van der Waals surface area contributed by atoms with Crippen molar-refractivity contribution in [1.29, 1.82) is 0 Å². The topological polar surface area (TPSA) is 64.0 Å². The molecule has 0 spiro atoms. The number of para-hydroxylation sites is 1. The number of rotatable bonds is 4. The highest BCUT2D eigenvalue weighted by Gasteiger charge is 2.22. The first-order chi connectivity index (χ1) is 11.4. The van der Waals surface area contributed by atoms with Gasteiger partial charge in [0.25, 0.3) is 10.0 Å². The van der Waals surface area contributed by atoms with Crippen molar-refractivity contribution in [1.82, 2.24) is 9.78 Å². The van der Waals surface area contributed by atoms with E-state index in [4.69, 9.17) is 0 Å². The number of nitrogens with zero attached hydrogens (tertiary/aromatic N) is 2. The van der Waals surface area contributed by atoms with E-state index in [0.29, 0.717) is 10.2 Å². The van der Waals surface area contributed by atoms with Crippen molar-refractivity contribution in [2.24, 2.45) is 0 Å². The first kappa shape index (κ1) is 16.7. The minimum atomic E-state index is -3.96. The Bertz CT molecular complexity index is 988. The van der Waals surface area contributed by atoms with E-state index in [1.165, 1.54) is 23.0 Å². The number of hydrogen-bond acceptors (Lipinski definition) is 3. The number of halogens is 2. The van der Waals surface area contributed by atoms with Crippen LogP contribution in [0.15, 0.2) is 64.1 Å². The van der Waals surface area contributed by atoms with Crippen LogP contribution in [-0.4, -0.2) is 18.2 Å². The fraction of sp³-hybridized carbons (Fsp3) is 0.0625. The third kappa shape index (κ3) is 3.34. The van der Waals surface area contributed by atoms with Crippen LogP contribution in [0.25, 0.3) is 5.69 Å². The molecule has 1 heterocycles. The highest BCUT2D eigenvalue weighted by molar-refractivity contribution is 9.10. The number of benzene rings is 2. The smallest absolute Gasteiger partial charge is 0.265 e. The molecule has 24 heavy (non-hydrogen) atoms. The summed E-state index contributed by atoms with van der Waals surface area (Å²) < 4.78 is 43.3. The predicted octanol–water partition coefficient (Wildman–Crippen LogP) is 3.88. The number of aryl methyl sites for hydroxylation is 1. The van der Waals surface area contributed by atoms with E-state index in [-0.39, 0.29) is 10.6 Å². The summed E-state index contributed by atoms with van der Waals surface area (Å²) in [6.07, 6.45) is 1.41. The van der Waals surface area contributed by atoms with E-state index in [2.05, 4.69) is 25.8 Å². The quantitative estimate of drug-likeness (QED) is 0.710. The Morgan fingerprint density at radius 3 is 2.54 bits per heavy atom. The summed E-state index contributed by atoms with van der Waals surface area (Å²) in [6, 6.07) is 13.2. The molecule has 0 aliphatic carbocycles. The molecule has 1 aromatic heterocycles. The SMILES string of the molecule is Cc1nn(-c2ccccc2)cc1S(=O)(=O)Nc1ccc(Br)cc1F. The van der Waals surface area contributed by atoms with Gasteiger partial charge in [0, 0.05) is 4.47 Å². The highest BCUT2D eigenvalue weighted by atomic mass is 79.9. The number of sulfonamides is 1. The van der Waals surface area contributed by atoms with Gasteiger partial charge in [-0.25, -0.2) is 17.5 Å². The second-order valence-corrected chi connectivity index (χ2v) is 7.66. The minimum Gasteiger partial charge on any atom is -0.277 e. The third-order valence-electron chi connectivity index (χ3n) is 3.34. The molecule has 0 aliphatic heterocycles. The van der Waals surface area contributed by atoms with Crippen molar-refractivity contribution < 1.29 is 12.8 Å². The van der Waals surface area contributed by atoms with Gasteiger partial charge in [0.1, 0.15) is 10.7 Å². The van der Waals surface area contributed by atoms with Gasteiger partial charge in [0.05, 0.1) is 23.3 Å². The van der Waals surface area contributed by atoms with Crippen LogP contribution in [-0.2, 0) is 10.0 Å². The van der Waals surface area contributed by atoms with Crippen LogP contribution in [0.1, 0.15) is 5.69 Å². The summed E-state index contributed by atoms with van der Waals surface area (Å²) in [6.45, 7) is 1.59. The fourth-order valence-corrected chi connectivity index (χ4v) is 3.76. The zero-order chi connectivity index (χ0) is 17.3. The maximum Gasteiger partial charge on any atom is 0.265 e. The first-order valence-electron chi connectivity index (χ1n) is 6.96. The second kappa shape index (κ2) is 6.37. The summed E-state index contributed by atoms with van der Waals surface area (Å²) in [5.41, 5.74) is 0.936. The van der Waals surface area contributed by atoms with Crippen molar-refractivity contribution in [3.05, 3.63) is 70.7 Å². The van der Waals surface area contributed by atoms with Gasteiger partial charge in [0.2, 0.25) is 0 Å². The maximum atomic E-state index is 13.9. The van der Waals surface area contributed by atoms with Crippen LogP contribution < -0.4 is 4.72 Å². The number of hydrogen-bond donors (Lipinski definition) is 1. The van der Waals surface area contributed by atoms with Gasteiger partial charge in [-0.2, -0.15) is 5.10 Å². The Labute approximate surface area is 147 Å². The van der Waals surface area contributed by atoms with E-state index in [1.54, 1.807) is 13.0 Å². The highest BCUT2D eigenvalue weighted by Crippen LogP contribution is 2.24. The van der Waals surface area contributed by atoms with E-state index >= 15 is 0 Å². The Kier molecular flexibility index (Phi) is 4.42. The molecule has 2 aromatic carbocycles. The van der Waals surface area contributed by atoms with Crippen LogP contribution in [0.4, 0.5) is 10.1 Å². The number of aromatic nitrogens is 2. The molecule has 3 aromatic rings. The van der Waals surface area contributed by atoms with Gasteiger partial charge in [-0.3, -0.25) is 4.72 Å². The lowest BCUT2D eigenvalue weighted by atomic mass is 10.3. The molecule has 5 nitrogen and oxygen atoms in total. The summed E-state index contributed by atoms with van der Waals surface area (Å²) >= 11 is 3.13. The Morgan fingerprint density at radius 1 is 1.17 bits per heavy atom. The second-order valence-electron chi connectivity index (χ2n) is 5.09. The van der Waals surface area contributed by atoms with Crippen LogP contribution in [0, 0.1) is 12.7 Å². The number of anilines is 1. The zero-order valence-corrected chi connectivity index (χ0v) is 15.0. The molecule has 3 rings (SSSR count). The first-order valence-corrected chi connectivity index (χ1v) is 9.24. The van der Waals surface area contributed by atoms with Gasteiger partial charge in [-0.1, -0.05) is 34.1 Å². The van der Waals surface area contributed by atoms with Crippen LogP contribution >= 0.6 is 15.9 Å². The van der Waals surface area contributed by atoms with Crippen molar-refractivity contribution in [3.63, 3.8) is 0 Å². The van der Waals surface area contributed by atoms with Gasteiger partial charge in [-0.05, 0) is 37.3 Å². The zero-order valence-electron chi connectivity index (χ0n) is 12.6. The molecule has 0 saturated carbocycles. The Hall–Kier alpha value is -2.19. The summed E-state index contributed by atoms with van der Waals surface area (Å²) in [7, 11) is -3.96. The van der Waals surface area contributed by atoms with E-state index in [9.17, 15) is 12.8 Å². The molecule has 0 aliphatic rings. The molecule has 8 heteroatoms.